The van der Waals surface area contributed by atoms with E-state index in [-0.39, 0.29) is 18.3 Å². The zero-order chi connectivity index (χ0) is 12.8. The van der Waals surface area contributed by atoms with Crippen LogP contribution in [-0.2, 0) is 11.3 Å². The van der Waals surface area contributed by atoms with Gasteiger partial charge in [-0.05, 0) is 16.3 Å². The quantitative estimate of drug-likeness (QED) is 0.456. The van der Waals surface area contributed by atoms with Gasteiger partial charge in [-0.2, -0.15) is 0 Å². The number of unbranched alkanes of at least 4 members (excludes halogenated alkanes) is 1. The predicted octanol–water partition coefficient (Wildman–Crippen LogP) is 1.02. The molecule has 0 radical (unpaired) electrons. The van der Waals surface area contributed by atoms with Gasteiger partial charge in [-0.1, -0.05) is 13.3 Å². The van der Waals surface area contributed by atoms with Crippen LogP contribution in [0.5, 0.6) is 0 Å². The van der Waals surface area contributed by atoms with Crippen molar-refractivity contribution >= 4 is 11.7 Å². The highest BCUT2D eigenvalue weighted by Gasteiger charge is 2.16. The van der Waals surface area contributed by atoms with Gasteiger partial charge in [-0.25, -0.2) is 0 Å². The van der Waals surface area contributed by atoms with Crippen LogP contribution in [0.25, 0.3) is 0 Å². The SMILES string of the molecule is CCCCNC(=O)Cn1cc([N+](=O)[O-])nc1C. The molecule has 0 saturated heterocycles. The van der Waals surface area contributed by atoms with Gasteiger partial charge in [0.25, 0.3) is 0 Å². The Bertz CT molecular complexity index is 414. The van der Waals surface area contributed by atoms with E-state index in [4.69, 9.17) is 0 Å². The van der Waals surface area contributed by atoms with Gasteiger partial charge in [0.15, 0.2) is 0 Å². The minimum absolute atomic E-state index is 0.0659. The molecule has 0 fully saturated rings. The summed E-state index contributed by atoms with van der Waals surface area (Å²) in [5, 5.41) is 13.2. The summed E-state index contributed by atoms with van der Waals surface area (Å²) in [4.78, 5) is 25.2. The van der Waals surface area contributed by atoms with Crippen LogP contribution in [0.4, 0.5) is 5.82 Å². The minimum Gasteiger partial charge on any atom is -0.358 e. The van der Waals surface area contributed by atoms with Crippen LogP contribution in [0.1, 0.15) is 25.6 Å². The standard InChI is InChI=1S/C10H16N4O3/c1-3-4-5-11-10(15)7-13-6-9(14(16)17)12-8(13)2/h6H,3-5,7H2,1-2H3,(H,11,15). The van der Waals surface area contributed by atoms with Gasteiger partial charge in [0.2, 0.25) is 11.7 Å². The van der Waals surface area contributed by atoms with Crippen molar-refractivity contribution in [1.29, 1.82) is 0 Å². The molecule has 0 aliphatic heterocycles. The summed E-state index contributed by atoms with van der Waals surface area (Å²) < 4.78 is 1.47. The number of carbonyl (C=O) groups excluding carboxylic acids is 1. The zero-order valence-corrected chi connectivity index (χ0v) is 9.97. The number of imidazole rings is 1. The van der Waals surface area contributed by atoms with Crippen molar-refractivity contribution in [3.63, 3.8) is 0 Å². The first-order valence-electron chi connectivity index (χ1n) is 5.49. The van der Waals surface area contributed by atoms with Crippen LogP contribution in [0, 0.1) is 17.0 Å². The van der Waals surface area contributed by atoms with Crippen molar-refractivity contribution in [3.05, 3.63) is 22.1 Å². The summed E-state index contributed by atoms with van der Waals surface area (Å²) >= 11 is 0. The van der Waals surface area contributed by atoms with Crippen LogP contribution in [0.3, 0.4) is 0 Å². The summed E-state index contributed by atoms with van der Waals surface area (Å²) in [5.41, 5.74) is 0. The van der Waals surface area contributed by atoms with Crippen LogP contribution in [0.15, 0.2) is 6.20 Å². The van der Waals surface area contributed by atoms with E-state index in [0.29, 0.717) is 12.4 Å². The van der Waals surface area contributed by atoms with Gasteiger partial charge < -0.3 is 15.4 Å². The minimum atomic E-state index is -0.571. The van der Waals surface area contributed by atoms with E-state index in [9.17, 15) is 14.9 Å². The molecular weight excluding hydrogens is 224 g/mol. The highest BCUT2D eigenvalue weighted by Crippen LogP contribution is 2.09. The number of aryl methyl sites for hydroxylation is 1. The lowest BCUT2D eigenvalue weighted by Crippen LogP contribution is -2.28. The topological polar surface area (TPSA) is 90.1 Å². The molecule has 1 aromatic heterocycles. The summed E-state index contributed by atoms with van der Waals surface area (Å²) in [6.07, 6.45) is 3.21. The Labute approximate surface area is 99.0 Å². The molecule has 7 nitrogen and oxygen atoms in total. The number of nitrogens with zero attached hydrogens (tertiary/aromatic N) is 3. The Morgan fingerprint density at radius 1 is 1.65 bits per heavy atom. The van der Waals surface area contributed by atoms with Crippen molar-refractivity contribution in [2.24, 2.45) is 0 Å². The Morgan fingerprint density at radius 3 is 2.88 bits per heavy atom. The van der Waals surface area contributed by atoms with Crippen molar-refractivity contribution in [3.8, 4) is 0 Å². The molecule has 0 atom stereocenters. The van der Waals surface area contributed by atoms with Gasteiger partial charge in [0.1, 0.15) is 12.7 Å². The summed E-state index contributed by atoms with van der Waals surface area (Å²) in [5.74, 6) is 0.0695. The second-order valence-corrected chi connectivity index (χ2v) is 3.73. The second kappa shape index (κ2) is 5.97. The lowest BCUT2D eigenvalue weighted by molar-refractivity contribution is -0.389. The van der Waals surface area contributed by atoms with Crippen LogP contribution in [-0.4, -0.2) is 26.9 Å². The van der Waals surface area contributed by atoms with Gasteiger partial charge in [-0.15, -0.1) is 0 Å². The van der Waals surface area contributed by atoms with Gasteiger partial charge in [0.05, 0.1) is 0 Å². The van der Waals surface area contributed by atoms with Crippen LogP contribution >= 0.6 is 0 Å². The van der Waals surface area contributed by atoms with E-state index >= 15 is 0 Å². The fourth-order valence-electron chi connectivity index (χ4n) is 1.35. The summed E-state index contributed by atoms with van der Waals surface area (Å²) in [7, 11) is 0. The van der Waals surface area contributed by atoms with Crippen LogP contribution in [0.2, 0.25) is 0 Å². The smallest absolute Gasteiger partial charge is 0.358 e. The Kier molecular flexibility index (Phi) is 4.62. The maximum Gasteiger partial charge on any atom is 0.381 e. The van der Waals surface area contributed by atoms with Gasteiger partial charge >= 0.3 is 5.82 Å². The monoisotopic (exact) mass is 240 g/mol. The molecule has 0 unspecified atom stereocenters. The van der Waals surface area contributed by atoms with E-state index < -0.39 is 4.92 Å². The summed E-state index contributed by atoms with van der Waals surface area (Å²) in [6.45, 7) is 4.36. The lowest BCUT2D eigenvalue weighted by Gasteiger charge is -2.04. The molecular formula is C10H16N4O3. The molecule has 0 spiro atoms. The normalized spacial score (nSPS) is 10.2. The zero-order valence-electron chi connectivity index (χ0n) is 9.97. The highest BCUT2D eigenvalue weighted by molar-refractivity contribution is 5.75. The van der Waals surface area contributed by atoms with E-state index in [1.54, 1.807) is 6.92 Å². The first-order valence-corrected chi connectivity index (χ1v) is 5.49. The molecule has 0 aliphatic rings. The second-order valence-electron chi connectivity index (χ2n) is 3.73. The number of hydrogen-bond donors (Lipinski definition) is 1. The van der Waals surface area contributed by atoms with Crippen molar-refractivity contribution in [1.82, 2.24) is 14.9 Å². The predicted molar refractivity (Wildman–Crippen MR) is 61.5 cm³/mol. The Balaban J connectivity index is 2.56. The molecule has 0 saturated carbocycles. The fraction of sp³-hybridized carbons (Fsp3) is 0.600. The number of nitro groups is 1. The molecule has 1 aromatic rings. The fourth-order valence-corrected chi connectivity index (χ4v) is 1.35. The molecule has 1 amide bonds. The highest BCUT2D eigenvalue weighted by atomic mass is 16.6. The number of carbonyl (C=O) groups is 1. The third-order valence-electron chi connectivity index (χ3n) is 2.32. The molecule has 17 heavy (non-hydrogen) atoms. The largest absolute Gasteiger partial charge is 0.381 e. The molecule has 0 bridgehead atoms. The Hall–Kier alpha value is -1.92. The van der Waals surface area contributed by atoms with Crippen molar-refractivity contribution in [2.45, 2.75) is 33.2 Å². The average molecular weight is 240 g/mol. The van der Waals surface area contributed by atoms with Crippen molar-refractivity contribution in [2.75, 3.05) is 6.54 Å². The molecule has 0 aromatic carbocycles. The maximum atomic E-state index is 11.5. The number of aromatic nitrogens is 2. The van der Waals surface area contributed by atoms with Gasteiger partial charge in [-0.3, -0.25) is 9.36 Å². The Morgan fingerprint density at radius 2 is 2.35 bits per heavy atom. The van der Waals surface area contributed by atoms with E-state index in [1.165, 1.54) is 10.8 Å². The third-order valence-corrected chi connectivity index (χ3v) is 2.32. The van der Waals surface area contributed by atoms with Crippen molar-refractivity contribution < 1.29 is 9.72 Å². The number of nitrogens with one attached hydrogen (secondary N) is 1. The average Bonchev–Trinajstić information content (AvgIpc) is 2.61. The molecule has 94 valence electrons. The van der Waals surface area contributed by atoms with Gasteiger partial charge in [0, 0.05) is 13.5 Å². The molecule has 1 N–H and O–H groups in total. The summed E-state index contributed by atoms with van der Waals surface area (Å²) in [6, 6.07) is 0. The number of hydrogen-bond acceptors (Lipinski definition) is 4. The molecule has 0 aliphatic carbocycles. The number of amides is 1. The first-order chi connectivity index (χ1) is 8.04. The molecule has 1 heterocycles. The maximum absolute atomic E-state index is 11.5. The number of rotatable bonds is 6. The van der Waals surface area contributed by atoms with E-state index in [0.717, 1.165) is 12.8 Å². The lowest BCUT2D eigenvalue weighted by atomic mass is 10.3. The third kappa shape index (κ3) is 3.86. The van der Waals surface area contributed by atoms with E-state index in [1.807, 2.05) is 6.92 Å². The molecule has 1 rings (SSSR count). The van der Waals surface area contributed by atoms with Crippen LogP contribution < -0.4 is 5.32 Å². The molecule has 7 heteroatoms. The van der Waals surface area contributed by atoms with E-state index in [2.05, 4.69) is 10.3 Å². The first kappa shape index (κ1) is 13.1.